The fourth-order valence-corrected chi connectivity index (χ4v) is 1.68. The van der Waals surface area contributed by atoms with Gasteiger partial charge in [-0.3, -0.25) is 14.9 Å². The van der Waals surface area contributed by atoms with Crippen LogP contribution < -0.4 is 5.56 Å². The predicted molar refractivity (Wildman–Crippen MR) is 65.3 cm³/mol. The number of nitro groups is 1. The van der Waals surface area contributed by atoms with E-state index >= 15 is 0 Å². The second-order valence-electron chi connectivity index (χ2n) is 4.21. The number of rotatable bonds is 5. The summed E-state index contributed by atoms with van der Waals surface area (Å²) >= 11 is 0. The Bertz CT molecular complexity index is 466. The maximum atomic E-state index is 11.6. The fourth-order valence-electron chi connectivity index (χ4n) is 1.68. The van der Waals surface area contributed by atoms with E-state index in [-0.39, 0.29) is 11.2 Å². The molecule has 0 saturated carbocycles. The zero-order chi connectivity index (χ0) is 13.0. The van der Waals surface area contributed by atoms with Crippen LogP contribution in [0.4, 0.5) is 5.69 Å². The van der Waals surface area contributed by atoms with Crippen LogP contribution in [0, 0.1) is 17.0 Å². The van der Waals surface area contributed by atoms with Gasteiger partial charge in [0.25, 0.3) is 11.2 Å². The van der Waals surface area contributed by atoms with Crippen molar-refractivity contribution in [2.45, 2.75) is 19.9 Å². The quantitative estimate of drug-likeness (QED) is 0.568. The van der Waals surface area contributed by atoms with E-state index in [1.54, 1.807) is 6.92 Å². The molecule has 0 bridgehead atoms. The highest BCUT2D eigenvalue weighted by Gasteiger charge is 2.14. The fraction of sp³-hybridized carbons (Fsp3) is 0.545. The number of pyridine rings is 1. The van der Waals surface area contributed by atoms with Gasteiger partial charge in [0, 0.05) is 18.7 Å². The van der Waals surface area contributed by atoms with E-state index in [1.165, 1.54) is 16.7 Å². The van der Waals surface area contributed by atoms with E-state index in [2.05, 4.69) is 0 Å². The van der Waals surface area contributed by atoms with Crippen molar-refractivity contribution in [2.24, 2.45) is 0 Å². The van der Waals surface area contributed by atoms with Crippen molar-refractivity contribution >= 4 is 5.69 Å². The van der Waals surface area contributed by atoms with Crippen molar-refractivity contribution in [3.8, 4) is 0 Å². The van der Waals surface area contributed by atoms with Crippen LogP contribution >= 0.6 is 0 Å². The number of aromatic nitrogens is 1. The first-order valence-corrected chi connectivity index (χ1v) is 5.43. The summed E-state index contributed by atoms with van der Waals surface area (Å²) in [5.41, 5.74) is 0.225. The molecule has 1 heterocycles. The maximum Gasteiger partial charge on any atom is 0.288 e. The number of hydrogen-bond acceptors (Lipinski definition) is 4. The van der Waals surface area contributed by atoms with Crippen LogP contribution in [-0.4, -0.2) is 35.0 Å². The van der Waals surface area contributed by atoms with Gasteiger partial charge in [0.05, 0.1) is 10.6 Å². The highest BCUT2D eigenvalue weighted by Crippen LogP contribution is 2.14. The Morgan fingerprint density at radius 3 is 2.59 bits per heavy atom. The first-order chi connectivity index (χ1) is 7.93. The van der Waals surface area contributed by atoms with Gasteiger partial charge in [-0.1, -0.05) is 0 Å². The molecule has 6 nitrogen and oxygen atoms in total. The van der Waals surface area contributed by atoms with Crippen LogP contribution in [0.15, 0.2) is 16.9 Å². The van der Waals surface area contributed by atoms with Gasteiger partial charge in [-0.05, 0) is 34.0 Å². The van der Waals surface area contributed by atoms with Gasteiger partial charge in [-0.2, -0.15) is 0 Å². The molecule has 1 aromatic heterocycles. The molecule has 0 unspecified atom stereocenters. The lowest BCUT2D eigenvalue weighted by Crippen LogP contribution is -2.24. The lowest BCUT2D eigenvalue weighted by molar-refractivity contribution is -0.386. The molecule has 17 heavy (non-hydrogen) atoms. The molecule has 0 radical (unpaired) electrons. The molecule has 0 aliphatic carbocycles. The molecule has 0 aromatic carbocycles. The van der Waals surface area contributed by atoms with Crippen LogP contribution in [0.3, 0.4) is 0 Å². The van der Waals surface area contributed by atoms with Crippen molar-refractivity contribution < 1.29 is 4.92 Å². The highest BCUT2D eigenvalue weighted by molar-refractivity contribution is 5.34. The van der Waals surface area contributed by atoms with Crippen molar-refractivity contribution in [1.82, 2.24) is 9.47 Å². The zero-order valence-electron chi connectivity index (χ0n) is 10.3. The van der Waals surface area contributed by atoms with Crippen LogP contribution in [0.5, 0.6) is 0 Å². The van der Waals surface area contributed by atoms with E-state index in [0.29, 0.717) is 12.2 Å². The summed E-state index contributed by atoms with van der Waals surface area (Å²) in [5.74, 6) is 0. The Morgan fingerprint density at radius 2 is 2.06 bits per heavy atom. The van der Waals surface area contributed by atoms with E-state index in [4.69, 9.17) is 0 Å². The third-order valence-electron chi connectivity index (χ3n) is 2.61. The number of nitrogens with zero attached hydrogens (tertiary/aromatic N) is 3. The molecular weight excluding hydrogens is 222 g/mol. The molecule has 0 spiro atoms. The van der Waals surface area contributed by atoms with E-state index < -0.39 is 4.92 Å². The van der Waals surface area contributed by atoms with E-state index in [0.717, 1.165) is 13.0 Å². The molecule has 0 aliphatic heterocycles. The van der Waals surface area contributed by atoms with Crippen LogP contribution in [0.2, 0.25) is 0 Å². The third kappa shape index (κ3) is 3.39. The van der Waals surface area contributed by atoms with Crippen LogP contribution in [-0.2, 0) is 6.54 Å². The summed E-state index contributed by atoms with van der Waals surface area (Å²) in [6.45, 7) is 2.95. The summed E-state index contributed by atoms with van der Waals surface area (Å²) in [4.78, 5) is 23.9. The smallest absolute Gasteiger partial charge is 0.288 e. The van der Waals surface area contributed by atoms with Crippen LogP contribution in [0.1, 0.15) is 12.1 Å². The monoisotopic (exact) mass is 239 g/mol. The standard InChI is InChI=1S/C11H17N3O3/c1-9-10(14(16)17)5-6-11(15)13(9)8-4-7-12(2)3/h5-6H,4,7-8H2,1-3H3. The van der Waals surface area contributed by atoms with Crippen molar-refractivity contribution in [3.05, 3.63) is 38.3 Å². The topological polar surface area (TPSA) is 68.4 Å². The minimum absolute atomic E-state index is 0.00514. The van der Waals surface area contributed by atoms with Gasteiger partial charge in [0.15, 0.2) is 0 Å². The molecule has 6 heteroatoms. The average molecular weight is 239 g/mol. The first-order valence-electron chi connectivity index (χ1n) is 5.43. The van der Waals surface area contributed by atoms with Gasteiger partial charge in [-0.25, -0.2) is 0 Å². The zero-order valence-corrected chi connectivity index (χ0v) is 10.3. The van der Waals surface area contributed by atoms with Gasteiger partial charge < -0.3 is 9.47 Å². The Balaban J connectivity index is 2.94. The van der Waals surface area contributed by atoms with Crippen molar-refractivity contribution in [2.75, 3.05) is 20.6 Å². The minimum atomic E-state index is -0.461. The Morgan fingerprint density at radius 1 is 1.41 bits per heavy atom. The summed E-state index contributed by atoms with van der Waals surface area (Å²) in [5, 5.41) is 10.7. The largest absolute Gasteiger partial charge is 0.309 e. The molecule has 1 aromatic rings. The molecule has 0 atom stereocenters. The second kappa shape index (κ2) is 5.58. The minimum Gasteiger partial charge on any atom is -0.309 e. The predicted octanol–water partition coefficient (Wildman–Crippen LogP) is 1.02. The van der Waals surface area contributed by atoms with Crippen molar-refractivity contribution in [3.63, 3.8) is 0 Å². The Hall–Kier alpha value is -1.69. The van der Waals surface area contributed by atoms with Gasteiger partial charge >= 0.3 is 0 Å². The van der Waals surface area contributed by atoms with Crippen LogP contribution in [0.25, 0.3) is 0 Å². The van der Waals surface area contributed by atoms with E-state index in [9.17, 15) is 14.9 Å². The third-order valence-corrected chi connectivity index (χ3v) is 2.61. The van der Waals surface area contributed by atoms with Gasteiger partial charge in [0.2, 0.25) is 0 Å². The summed E-state index contributed by atoms with van der Waals surface area (Å²) in [7, 11) is 3.89. The normalized spacial score (nSPS) is 10.8. The van der Waals surface area contributed by atoms with Crippen molar-refractivity contribution in [1.29, 1.82) is 0 Å². The summed E-state index contributed by atoms with van der Waals surface area (Å²) < 4.78 is 1.46. The SMILES string of the molecule is Cc1c([N+](=O)[O-])ccc(=O)n1CCCN(C)C. The number of hydrogen-bond donors (Lipinski definition) is 0. The average Bonchev–Trinajstić information content (AvgIpc) is 2.21. The molecule has 0 saturated heterocycles. The Labute approximate surface area is 99.6 Å². The molecule has 0 N–H and O–H groups in total. The summed E-state index contributed by atoms with van der Waals surface area (Å²) in [6.07, 6.45) is 0.787. The highest BCUT2D eigenvalue weighted by atomic mass is 16.6. The molecular formula is C11H17N3O3. The van der Waals surface area contributed by atoms with Gasteiger partial charge in [-0.15, -0.1) is 0 Å². The maximum absolute atomic E-state index is 11.6. The second-order valence-corrected chi connectivity index (χ2v) is 4.21. The molecule has 0 amide bonds. The molecule has 0 fully saturated rings. The lowest BCUT2D eigenvalue weighted by Gasteiger charge is -2.12. The summed E-state index contributed by atoms with van der Waals surface area (Å²) in [6, 6.07) is 2.51. The van der Waals surface area contributed by atoms with Gasteiger partial charge in [0.1, 0.15) is 0 Å². The lowest BCUT2D eigenvalue weighted by atomic mass is 10.3. The molecule has 1 rings (SSSR count). The molecule has 0 aliphatic rings. The molecule has 94 valence electrons. The Kier molecular flexibility index (Phi) is 4.39. The first kappa shape index (κ1) is 13.4. The van der Waals surface area contributed by atoms with E-state index in [1.807, 2.05) is 19.0 Å².